The van der Waals surface area contributed by atoms with E-state index in [9.17, 15) is 8.42 Å². The summed E-state index contributed by atoms with van der Waals surface area (Å²) in [7, 11) is 0.743. The molecule has 9 heteroatoms. The lowest BCUT2D eigenvalue weighted by Crippen LogP contribution is -2.18. The third kappa shape index (κ3) is 4.64. The van der Waals surface area contributed by atoms with Gasteiger partial charge >= 0.3 is 0 Å². The van der Waals surface area contributed by atoms with Crippen molar-refractivity contribution in [3.8, 4) is 17.2 Å². The van der Waals surface area contributed by atoms with E-state index in [-0.39, 0.29) is 4.90 Å². The van der Waals surface area contributed by atoms with Gasteiger partial charge in [-0.3, -0.25) is 0 Å². The Bertz CT molecular complexity index is 867. The third-order valence-corrected chi connectivity index (χ3v) is 5.00. The highest BCUT2D eigenvalue weighted by Gasteiger charge is 2.13. The van der Waals surface area contributed by atoms with E-state index >= 15 is 0 Å². The molecule has 0 unspecified atom stereocenters. The molecule has 0 aliphatic rings. The van der Waals surface area contributed by atoms with Gasteiger partial charge in [-0.15, -0.1) is 0 Å². The van der Waals surface area contributed by atoms with Crippen LogP contribution in [0.25, 0.3) is 0 Å². The summed E-state index contributed by atoms with van der Waals surface area (Å²) < 4.78 is 40.8. The maximum Gasteiger partial charge on any atom is 0.276 e. The van der Waals surface area contributed by atoms with Gasteiger partial charge in [-0.2, -0.15) is 13.5 Å². The minimum Gasteiger partial charge on any atom is -0.496 e. The number of methoxy groups -OCH3 is 3. The minimum absolute atomic E-state index is 0.104. The average Bonchev–Trinajstić information content (AvgIpc) is 2.61. The molecule has 7 nitrogen and oxygen atoms in total. The van der Waals surface area contributed by atoms with Crippen molar-refractivity contribution in [1.82, 2.24) is 4.83 Å². The van der Waals surface area contributed by atoms with E-state index in [0.717, 1.165) is 4.47 Å². The van der Waals surface area contributed by atoms with Gasteiger partial charge in [-0.25, -0.2) is 4.83 Å². The summed E-state index contributed by atoms with van der Waals surface area (Å²) in [6.07, 6.45) is 1.33. The lowest BCUT2D eigenvalue weighted by atomic mass is 10.2. The Kier molecular flexibility index (Phi) is 6.27. The molecule has 0 aliphatic carbocycles. The van der Waals surface area contributed by atoms with Crippen LogP contribution in [0.1, 0.15) is 5.56 Å². The Hall–Kier alpha value is -2.26. The number of hydrogen-bond acceptors (Lipinski definition) is 6. The lowest BCUT2D eigenvalue weighted by Gasteiger charge is -2.11. The van der Waals surface area contributed by atoms with Crippen molar-refractivity contribution in [2.75, 3.05) is 21.3 Å². The van der Waals surface area contributed by atoms with E-state index in [1.807, 2.05) is 0 Å². The number of hydrogen-bond donors (Lipinski definition) is 1. The van der Waals surface area contributed by atoms with Crippen LogP contribution in [0.4, 0.5) is 0 Å². The second-order valence-electron chi connectivity index (χ2n) is 4.76. The van der Waals surface area contributed by atoms with Gasteiger partial charge in [-0.1, -0.05) is 15.9 Å². The van der Waals surface area contributed by atoms with Gasteiger partial charge in [0.2, 0.25) is 0 Å². The van der Waals surface area contributed by atoms with E-state index in [0.29, 0.717) is 22.8 Å². The molecule has 25 heavy (non-hydrogen) atoms. The first-order chi connectivity index (χ1) is 11.9. The number of ether oxygens (including phenoxy) is 3. The summed E-state index contributed by atoms with van der Waals surface area (Å²) in [5, 5.41) is 3.80. The molecule has 0 saturated heterocycles. The molecule has 0 saturated carbocycles. The van der Waals surface area contributed by atoms with Crippen molar-refractivity contribution in [2.24, 2.45) is 5.10 Å². The van der Waals surface area contributed by atoms with Crippen molar-refractivity contribution in [1.29, 1.82) is 0 Å². The number of rotatable bonds is 7. The molecule has 2 rings (SSSR count). The fourth-order valence-electron chi connectivity index (χ4n) is 1.99. The molecule has 0 amide bonds. The highest BCUT2D eigenvalue weighted by molar-refractivity contribution is 9.10. The van der Waals surface area contributed by atoms with Crippen LogP contribution in [-0.4, -0.2) is 36.0 Å². The predicted octanol–water partition coefficient (Wildman–Crippen LogP) is 2.79. The van der Waals surface area contributed by atoms with Crippen LogP contribution in [0.3, 0.4) is 0 Å². The van der Waals surface area contributed by atoms with Gasteiger partial charge in [0.25, 0.3) is 10.0 Å². The van der Waals surface area contributed by atoms with Gasteiger partial charge in [0.1, 0.15) is 5.75 Å². The summed E-state index contributed by atoms with van der Waals surface area (Å²) in [5.74, 6) is 1.43. The zero-order valence-electron chi connectivity index (χ0n) is 13.8. The minimum atomic E-state index is -3.76. The first-order valence-corrected chi connectivity index (χ1v) is 9.29. The zero-order chi connectivity index (χ0) is 18.4. The Morgan fingerprint density at radius 3 is 2.08 bits per heavy atom. The normalized spacial score (nSPS) is 11.4. The van der Waals surface area contributed by atoms with Crippen LogP contribution < -0.4 is 19.0 Å². The van der Waals surface area contributed by atoms with Crippen LogP contribution in [0, 0.1) is 0 Å². The van der Waals surface area contributed by atoms with E-state index in [2.05, 4.69) is 25.9 Å². The van der Waals surface area contributed by atoms with E-state index in [1.165, 1.54) is 39.7 Å². The number of nitrogens with one attached hydrogen (secondary N) is 1. The Morgan fingerprint density at radius 1 is 0.960 bits per heavy atom. The SMILES string of the molecule is COc1cc(OC)c(OC)cc1/C=N\NS(=O)(=O)c1ccc(Br)cc1. The molecule has 0 atom stereocenters. The average molecular weight is 429 g/mol. The zero-order valence-corrected chi connectivity index (χ0v) is 16.2. The fraction of sp³-hybridized carbons (Fsp3) is 0.188. The molecule has 2 aromatic rings. The molecule has 1 N–H and O–H groups in total. The third-order valence-electron chi connectivity index (χ3n) is 3.24. The number of halogens is 1. The van der Waals surface area contributed by atoms with Crippen molar-refractivity contribution >= 4 is 32.2 Å². The molecular weight excluding hydrogens is 412 g/mol. The number of hydrazone groups is 1. The van der Waals surface area contributed by atoms with Crippen LogP contribution in [0.5, 0.6) is 17.2 Å². The van der Waals surface area contributed by atoms with Gasteiger partial charge in [0.15, 0.2) is 11.5 Å². The first kappa shape index (κ1) is 19.1. The van der Waals surface area contributed by atoms with Gasteiger partial charge in [0, 0.05) is 16.1 Å². The lowest BCUT2D eigenvalue weighted by molar-refractivity contribution is 0.349. The molecule has 0 radical (unpaired) electrons. The second-order valence-corrected chi connectivity index (χ2v) is 7.33. The largest absolute Gasteiger partial charge is 0.496 e. The molecule has 0 spiro atoms. The predicted molar refractivity (Wildman–Crippen MR) is 98.2 cm³/mol. The quantitative estimate of drug-likeness (QED) is 0.541. The molecule has 2 aromatic carbocycles. The summed E-state index contributed by atoms with van der Waals surface area (Å²) in [6, 6.07) is 9.47. The molecule has 0 heterocycles. The highest BCUT2D eigenvalue weighted by Crippen LogP contribution is 2.33. The maximum absolute atomic E-state index is 12.2. The first-order valence-electron chi connectivity index (χ1n) is 7.01. The monoisotopic (exact) mass is 428 g/mol. The van der Waals surface area contributed by atoms with Gasteiger partial charge < -0.3 is 14.2 Å². The Morgan fingerprint density at radius 2 is 1.52 bits per heavy atom. The van der Waals surface area contributed by atoms with Gasteiger partial charge in [-0.05, 0) is 30.3 Å². The molecule has 0 aliphatic heterocycles. The fourth-order valence-corrected chi connectivity index (χ4v) is 3.04. The molecule has 0 bridgehead atoms. The topological polar surface area (TPSA) is 86.2 Å². The Balaban J connectivity index is 2.25. The van der Waals surface area contributed by atoms with Crippen molar-refractivity contribution in [3.63, 3.8) is 0 Å². The highest BCUT2D eigenvalue weighted by atomic mass is 79.9. The van der Waals surface area contributed by atoms with Crippen LogP contribution >= 0.6 is 15.9 Å². The van der Waals surface area contributed by atoms with Crippen molar-refractivity contribution < 1.29 is 22.6 Å². The Labute approximate surface area is 154 Å². The maximum atomic E-state index is 12.2. The van der Waals surface area contributed by atoms with Crippen molar-refractivity contribution in [2.45, 2.75) is 4.90 Å². The van der Waals surface area contributed by atoms with Gasteiger partial charge in [0.05, 0.1) is 32.4 Å². The molecule has 0 fully saturated rings. The van der Waals surface area contributed by atoms with E-state index in [1.54, 1.807) is 24.3 Å². The standard InChI is InChI=1S/C16H17BrN2O5S/c1-22-14-9-16(24-3)15(23-2)8-11(14)10-18-19-25(20,21)13-6-4-12(17)5-7-13/h4-10,19H,1-3H3/b18-10-. The molecule has 134 valence electrons. The molecule has 0 aromatic heterocycles. The number of nitrogens with zero attached hydrogens (tertiary/aromatic N) is 1. The summed E-state index contributed by atoms with van der Waals surface area (Å²) in [6.45, 7) is 0. The summed E-state index contributed by atoms with van der Waals surface area (Å²) in [4.78, 5) is 2.26. The van der Waals surface area contributed by atoms with Crippen LogP contribution in [0.2, 0.25) is 0 Å². The smallest absolute Gasteiger partial charge is 0.276 e. The second kappa shape index (κ2) is 8.21. The van der Waals surface area contributed by atoms with Crippen LogP contribution in [-0.2, 0) is 10.0 Å². The van der Waals surface area contributed by atoms with Crippen molar-refractivity contribution in [3.05, 3.63) is 46.4 Å². The van der Waals surface area contributed by atoms with Crippen LogP contribution in [0.15, 0.2) is 50.9 Å². The summed E-state index contributed by atoms with van der Waals surface area (Å²) in [5.41, 5.74) is 0.527. The van der Waals surface area contributed by atoms with E-state index < -0.39 is 10.0 Å². The number of sulfonamides is 1. The summed E-state index contributed by atoms with van der Waals surface area (Å²) >= 11 is 3.26. The molecular formula is C16H17BrN2O5S. The number of benzene rings is 2. The van der Waals surface area contributed by atoms with E-state index in [4.69, 9.17) is 14.2 Å².